The highest BCUT2D eigenvalue weighted by Gasteiger charge is 2.17. The van der Waals surface area contributed by atoms with E-state index in [0.29, 0.717) is 23.2 Å². The van der Waals surface area contributed by atoms with Crippen molar-refractivity contribution in [3.63, 3.8) is 0 Å². The summed E-state index contributed by atoms with van der Waals surface area (Å²) in [4.78, 5) is 14.9. The number of hydrogen-bond donors (Lipinski definition) is 1. The summed E-state index contributed by atoms with van der Waals surface area (Å²) in [5.41, 5.74) is 7.80. The van der Waals surface area contributed by atoms with E-state index in [1.54, 1.807) is 24.4 Å². The number of benzene rings is 1. The molecule has 5 nitrogen and oxygen atoms in total. The third kappa shape index (κ3) is 2.71. The van der Waals surface area contributed by atoms with Crippen LogP contribution < -0.4 is 5.73 Å². The summed E-state index contributed by atoms with van der Waals surface area (Å²) in [6.07, 6.45) is 2.32. The molecule has 2 rings (SSSR count). The Morgan fingerprint density at radius 1 is 1.37 bits per heavy atom. The van der Waals surface area contributed by atoms with E-state index in [2.05, 4.69) is 18.8 Å². The molecule has 1 atom stereocenters. The van der Waals surface area contributed by atoms with Gasteiger partial charge in [0.25, 0.3) is 5.69 Å². The van der Waals surface area contributed by atoms with Crippen molar-refractivity contribution in [1.29, 1.82) is 0 Å². The molecule has 5 heteroatoms. The Morgan fingerprint density at radius 3 is 2.74 bits per heavy atom. The number of fused-ring (bicyclic) bond motifs is 1. The first-order valence-electron chi connectivity index (χ1n) is 6.27. The number of non-ortho nitro benzene ring substituents is 1. The highest BCUT2D eigenvalue weighted by molar-refractivity contribution is 5.90. The third-order valence-electron chi connectivity index (χ3n) is 3.34. The average Bonchev–Trinajstić information content (AvgIpc) is 2.38. The second-order valence-corrected chi connectivity index (χ2v) is 5.01. The molecule has 0 aliphatic rings. The lowest BCUT2D eigenvalue weighted by Gasteiger charge is -2.16. The van der Waals surface area contributed by atoms with E-state index in [0.717, 1.165) is 5.56 Å². The summed E-state index contributed by atoms with van der Waals surface area (Å²) in [5.74, 6) is 0.356. The van der Waals surface area contributed by atoms with Gasteiger partial charge in [0.15, 0.2) is 0 Å². The maximum Gasteiger partial charge on any atom is 0.278 e. The van der Waals surface area contributed by atoms with Gasteiger partial charge in [0.05, 0.1) is 15.8 Å². The zero-order valence-corrected chi connectivity index (χ0v) is 11.0. The topological polar surface area (TPSA) is 82.0 Å². The minimum Gasteiger partial charge on any atom is -0.327 e. The molecule has 2 aromatic rings. The van der Waals surface area contributed by atoms with Crippen LogP contribution in [0.5, 0.6) is 0 Å². The molecule has 0 aliphatic carbocycles. The van der Waals surface area contributed by atoms with E-state index in [1.165, 1.54) is 6.07 Å². The Balaban J connectivity index is 2.53. The first-order chi connectivity index (χ1) is 9.00. The molecule has 1 unspecified atom stereocenters. The Morgan fingerprint density at radius 2 is 2.11 bits per heavy atom. The minimum absolute atomic E-state index is 0.0201. The maximum atomic E-state index is 11.0. The van der Waals surface area contributed by atoms with E-state index < -0.39 is 0 Å². The monoisotopic (exact) mass is 259 g/mol. The van der Waals surface area contributed by atoms with Crippen LogP contribution in [-0.4, -0.2) is 15.9 Å². The molecule has 0 fully saturated rings. The molecule has 19 heavy (non-hydrogen) atoms. The van der Waals surface area contributed by atoms with Gasteiger partial charge in [-0.05, 0) is 36.1 Å². The van der Waals surface area contributed by atoms with Gasteiger partial charge < -0.3 is 5.73 Å². The minimum atomic E-state index is -0.379. The molecule has 0 spiro atoms. The zero-order valence-electron chi connectivity index (χ0n) is 11.0. The second-order valence-electron chi connectivity index (χ2n) is 5.01. The molecular weight excluding hydrogens is 242 g/mol. The zero-order chi connectivity index (χ0) is 14.0. The fourth-order valence-electron chi connectivity index (χ4n) is 2.03. The van der Waals surface area contributed by atoms with E-state index in [-0.39, 0.29) is 16.7 Å². The molecule has 1 aromatic heterocycles. The van der Waals surface area contributed by atoms with Crippen molar-refractivity contribution in [3.8, 4) is 0 Å². The quantitative estimate of drug-likeness (QED) is 0.676. The van der Waals surface area contributed by atoms with Crippen LogP contribution in [0.25, 0.3) is 10.9 Å². The number of nitro benzene ring substituents is 1. The number of hydrogen-bond acceptors (Lipinski definition) is 4. The Labute approximate surface area is 111 Å². The molecule has 2 N–H and O–H groups in total. The SMILES string of the molecule is CC(C)C(N)Cc1ccc([N+](=O)[O-])c2cccnc12. The number of rotatable bonds is 4. The Kier molecular flexibility index (Phi) is 3.76. The van der Waals surface area contributed by atoms with Gasteiger partial charge >= 0.3 is 0 Å². The maximum absolute atomic E-state index is 11.0. The average molecular weight is 259 g/mol. The summed E-state index contributed by atoms with van der Waals surface area (Å²) >= 11 is 0. The van der Waals surface area contributed by atoms with Crippen molar-refractivity contribution in [2.45, 2.75) is 26.3 Å². The number of pyridine rings is 1. The van der Waals surface area contributed by atoms with Crippen LogP contribution in [0.2, 0.25) is 0 Å². The highest BCUT2D eigenvalue weighted by Crippen LogP contribution is 2.27. The Hall–Kier alpha value is -2.01. The summed E-state index contributed by atoms with van der Waals surface area (Å²) in [6, 6.07) is 6.75. The molecule has 0 amide bonds. The van der Waals surface area contributed by atoms with Crippen molar-refractivity contribution in [1.82, 2.24) is 4.98 Å². The standard InChI is InChI=1S/C14H17N3O2/c1-9(2)12(15)8-10-5-6-13(17(18)19)11-4-3-7-16-14(10)11/h3-7,9,12H,8,15H2,1-2H3. The van der Waals surface area contributed by atoms with Gasteiger partial charge in [-0.2, -0.15) is 0 Å². The molecule has 1 heterocycles. The number of nitro groups is 1. The third-order valence-corrected chi connectivity index (χ3v) is 3.34. The van der Waals surface area contributed by atoms with Gasteiger partial charge in [0.1, 0.15) is 0 Å². The van der Waals surface area contributed by atoms with Gasteiger partial charge in [-0.3, -0.25) is 15.1 Å². The van der Waals surface area contributed by atoms with Crippen LogP contribution in [0.15, 0.2) is 30.5 Å². The smallest absolute Gasteiger partial charge is 0.278 e. The summed E-state index contributed by atoms with van der Waals surface area (Å²) in [5, 5.41) is 11.6. The van der Waals surface area contributed by atoms with Crippen molar-refractivity contribution in [2.24, 2.45) is 11.7 Å². The number of nitrogens with zero attached hydrogens (tertiary/aromatic N) is 2. The lowest BCUT2D eigenvalue weighted by atomic mass is 9.95. The molecule has 0 radical (unpaired) electrons. The fraction of sp³-hybridized carbons (Fsp3) is 0.357. The molecular formula is C14H17N3O2. The predicted octanol–water partition coefficient (Wildman–Crippen LogP) is 2.67. The van der Waals surface area contributed by atoms with Crippen LogP contribution >= 0.6 is 0 Å². The first-order valence-corrected chi connectivity index (χ1v) is 6.27. The van der Waals surface area contributed by atoms with E-state index in [1.807, 2.05) is 0 Å². The van der Waals surface area contributed by atoms with Gasteiger partial charge in [0.2, 0.25) is 0 Å². The molecule has 0 bridgehead atoms. The molecule has 100 valence electrons. The largest absolute Gasteiger partial charge is 0.327 e. The van der Waals surface area contributed by atoms with Crippen LogP contribution in [-0.2, 0) is 6.42 Å². The van der Waals surface area contributed by atoms with Crippen LogP contribution in [0.1, 0.15) is 19.4 Å². The highest BCUT2D eigenvalue weighted by atomic mass is 16.6. The molecule has 0 aliphatic heterocycles. The number of nitrogens with two attached hydrogens (primary N) is 1. The van der Waals surface area contributed by atoms with Crippen molar-refractivity contribution in [3.05, 3.63) is 46.1 Å². The fourth-order valence-corrected chi connectivity index (χ4v) is 2.03. The van der Waals surface area contributed by atoms with Crippen LogP contribution in [0, 0.1) is 16.0 Å². The van der Waals surface area contributed by atoms with Crippen molar-refractivity contribution < 1.29 is 4.92 Å². The van der Waals surface area contributed by atoms with Crippen molar-refractivity contribution in [2.75, 3.05) is 0 Å². The van der Waals surface area contributed by atoms with E-state index in [9.17, 15) is 10.1 Å². The second kappa shape index (κ2) is 5.32. The lowest BCUT2D eigenvalue weighted by Crippen LogP contribution is -2.28. The van der Waals surface area contributed by atoms with Gasteiger partial charge in [-0.15, -0.1) is 0 Å². The van der Waals surface area contributed by atoms with Gasteiger partial charge in [0, 0.05) is 18.3 Å². The number of aromatic nitrogens is 1. The lowest BCUT2D eigenvalue weighted by molar-refractivity contribution is -0.383. The van der Waals surface area contributed by atoms with E-state index in [4.69, 9.17) is 5.73 Å². The van der Waals surface area contributed by atoms with Crippen molar-refractivity contribution >= 4 is 16.6 Å². The molecule has 0 saturated heterocycles. The van der Waals surface area contributed by atoms with Gasteiger partial charge in [-0.25, -0.2) is 0 Å². The summed E-state index contributed by atoms with van der Waals surface area (Å²) in [7, 11) is 0. The van der Waals surface area contributed by atoms with Crippen LogP contribution in [0.3, 0.4) is 0 Å². The van der Waals surface area contributed by atoms with Gasteiger partial charge in [-0.1, -0.05) is 13.8 Å². The van der Waals surface area contributed by atoms with Crippen LogP contribution in [0.4, 0.5) is 5.69 Å². The summed E-state index contributed by atoms with van der Waals surface area (Å²) < 4.78 is 0. The summed E-state index contributed by atoms with van der Waals surface area (Å²) in [6.45, 7) is 4.12. The normalized spacial score (nSPS) is 12.8. The van der Waals surface area contributed by atoms with E-state index >= 15 is 0 Å². The Bertz CT molecular complexity index is 611. The predicted molar refractivity (Wildman–Crippen MR) is 74.9 cm³/mol. The molecule has 1 aromatic carbocycles. The molecule has 0 saturated carbocycles. The first kappa shape index (κ1) is 13.4.